The summed E-state index contributed by atoms with van der Waals surface area (Å²) in [5, 5.41) is 2.89. The van der Waals surface area contributed by atoms with Crippen molar-refractivity contribution >= 4 is 43.5 Å². The van der Waals surface area contributed by atoms with E-state index in [-0.39, 0.29) is 23.3 Å². The second-order valence-electron chi connectivity index (χ2n) is 9.81. The lowest BCUT2D eigenvalue weighted by Gasteiger charge is -2.32. The van der Waals surface area contributed by atoms with Crippen molar-refractivity contribution in [3.8, 4) is 0 Å². The molecule has 0 aromatic heterocycles. The van der Waals surface area contributed by atoms with E-state index in [2.05, 4.69) is 21.2 Å². The van der Waals surface area contributed by atoms with E-state index in [1.165, 1.54) is 17.0 Å². The molecule has 208 valence electrons. The average Bonchev–Trinajstić information content (AvgIpc) is 2.94. The van der Waals surface area contributed by atoms with Gasteiger partial charge < -0.3 is 10.2 Å². The molecule has 0 aliphatic carbocycles. The van der Waals surface area contributed by atoms with Crippen LogP contribution in [-0.2, 0) is 32.6 Å². The van der Waals surface area contributed by atoms with Crippen LogP contribution in [-0.4, -0.2) is 44.3 Å². The Labute approximate surface area is 240 Å². The summed E-state index contributed by atoms with van der Waals surface area (Å²) < 4.78 is 29.6. The molecule has 3 rings (SSSR count). The summed E-state index contributed by atoms with van der Waals surface area (Å²) in [5.41, 5.74) is 2.25. The summed E-state index contributed by atoms with van der Waals surface area (Å²) in [7, 11) is -4.07. The molecule has 9 heteroatoms. The molecule has 0 heterocycles. The van der Waals surface area contributed by atoms with Gasteiger partial charge in [0.15, 0.2) is 0 Å². The first-order valence-corrected chi connectivity index (χ1v) is 15.2. The smallest absolute Gasteiger partial charge is 0.264 e. The lowest BCUT2D eigenvalue weighted by molar-refractivity contribution is -0.139. The number of halogens is 1. The fourth-order valence-electron chi connectivity index (χ4n) is 3.97. The molecule has 1 unspecified atom stereocenters. The summed E-state index contributed by atoms with van der Waals surface area (Å²) >= 11 is 3.42. The third-order valence-electron chi connectivity index (χ3n) is 6.36. The lowest BCUT2D eigenvalue weighted by atomic mass is 10.1. The molecule has 0 radical (unpaired) electrons. The number of hydrogen-bond acceptors (Lipinski definition) is 4. The third kappa shape index (κ3) is 8.16. The van der Waals surface area contributed by atoms with Crippen molar-refractivity contribution in [1.82, 2.24) is 10.2 Å². The van der Waals surface area contributed by atoms with E-state index in [9.17, 15) is 18.0 Å². The Morgan fingerprint density at radius 2 is 1.46 bits per heavy atom. The Balaban J connectivity index is 1.99. The van der Waals surface area contributed by atoms with Crippen molar-refractivity contribution in [2.75, 3.05) is 17.4 Å². The van der Waals surface area contributed by atoms with Crippen molar-refractivity contribution in [3.63, 3.8) is 0 Å². The zero-order valence-corrected chi connectivity index (χ0v) is 25.2. The molecular weight excluding hydrogens is 578 g/mol. The van der Waals surface area contributed by atoms with Crippen LogP contribution in [0, 0.1) is 5.92 Å². The van der Waals surface area contributed by atoms with Crippen molar-refractivity contribution in [2.24, 2.45) is 5.92 Å². The molecule has 7 nitrogen and oxygen atoms in total. The molecule has 0 fully saturated rings. The van der Waals surface area contributed by atoms with Gasteiger partial charge in [-0.05, 0) is 66.8 Å². The quantitative estimate of drug-likeness (QED) is 0.296. The largest absolute Gasteiger partial charge is 0.354 e. The maximum Gasteiger partial charge on any atom is 0.264 e. The molecule has 3 aromatic rings. The summed E-state index contributed by atoms with van der Waals surface area (Å²) in [6.45, 7) is 7.83. The van der Waals surface area contributed by atoms with Crippen LogP contribution >= 0.6 is 15.9 Å². The van der Waals surface area contributed by atoms with Gasteiger partial charge >= 0.3 is 0 Å². The topological polar surface area (TPSA) is 86.8 Å². The highest BCUT2D eigenvalue weighted by molar-refractivity contribution is 9.10. The molecule has 0 aliphatic rings. The fourth-order valence-corrected chi connectivity index (χ4v) is 5.67. The molecule has 0 spiro atoms. The molecule has 0 saturated heterocycles. The summed E-state index contributed by atoms with van der Waals surface area (Å²) in [5.74, 6) is -0.530. The van der Waals surface area contributed by atoms with Gasteiger partial charge in [0.1, 0.15) is 12.6 Å². The molecular formula is C30H36BrN3O4S. The van der Waals surface area contributed by atoms with E-state index in [1.54, 1.807) is 37.3 Å². The van der Waals surface area contributed by atoms with Crippen LogP contribution in [0.2, 0.25) is 0 Å². The van der Waals surface area contributed by atoms with Crippen LogP contribution < -0.4 is 9.62 Å². The molecule has 3 aromatic carbocycles. The predicted molar refractivity (Wildman–Crippen MR) is 159 cm³/mol. The number of carbonyl (C=O) groups excluding carboxylic acids is 2. The molecule has 39 heavy (non-hydrogen) atoms. The number of amides is 2. The SMILES string of the molecule is CCc1ccc(N(CC(=O)N(Cc2ccc(Br)cc2)C(C)C(=O)NCC(C)C)S(=O)(=O)c2ccccc2)cc1. The second kappa shape index (κ2) is 13.8. The van der Waals surface area contributed by atoms with E-state index in [0.717, 1.165) is 26.3 Å². The number of aryl methyl sites for hydroxylation is 1. The standard InChI is InChI=1S/C30H36BrN3O4S/c1-5-24-13-17-27(18-14-24)34(39(37,38)28-9-7-6-8-10-28)21-29(35)33(20-25-11-15-26(31)16-12-25)23(4)30(36)32-19-22(2)3/h6-18,22-23H,5,19-21H2,1-4H3,(H,32,36). The molecule has 2 amide bonds. The van der Waals surface area contributed by atoms with Crippen LogP contribution in [0.5, 0.6) is 0 Å². The average molecular weight is 615 g/mol. The van der Waals surface area contributed by atoms with Crippen LogP contribution in [0.15, 0.2) is 88.2 Å². The number of benzene rings is 3. The van der Waals surface area contributed by atoms with Gasteiger partial charge in [0, 0.05) is 17.6 Å². The number of carbonyl (C=O) groups is 2. The highest BCUT2D eigenvalue weighted by Gasteiger charge is 2.32. The van der Waals surface area contributed by atoms with E-state index < -0.39 is 28.5 Å². The van der Waals surface area contributed by atoms with Gasteiger partial charge in [-0.3, -0.25) is 13.9 Å². The number of nitrogens with zero attached hydrogens (tertiary/aromatic N) is 2. The van der Waals surface area contributed by atoms with E-state index in [1.807, 2.05) is 57.2 Å². The normalized spacial score (nSPS) is 12.2. The van der Waals surface area contributed by atoms with Gasteiger partial charge in [-0.1, -0.05) is 79.2 Å². The lowest BCUT2D eigenvalue weighted by Crippen LogP contribution is -2.51. The first-order chi connectivity index (χ1) is 18.5. The Bertz CT molecular complexity index is 1350. The number of nitrogens with one attached hydrogen (secondary N) is 1. The van der Waals surface area contributed by atoms with Gasteiger partial charge in [-0.15, -0.1) is 0 Å². The number of sulfonamides is 1. The summed E-state index contributed by atoms with van der Waals surface area (Å²) in [4.78, 5) is 28.5. The zero-order chi connectivity index (χ0) is 28.6. The highest BCUT2D eigenvalue weighted by atomic mass is 79.9. The first kappa shape index (κ1) is 30.4. The number of rotatable bonds is 12. The molecule has 0 aliphatic heterocycles. The Morgan fingerprint density at radius 1 is 0.872 bits per heavy atom. The molecule has 0 bridgehead atoms. The first-order valence-electron chi connectivity index (χ1n) is 13.0. The zero-order valence-electron chi connectivity index (χ0n) is 22.8. The summed E-state index contributed by atoms with van der Waals surface area (Å²) in [6, 6.07) is 21.8. The van der Waals surface area contributed by atoms with E-state index in [4.69, 9.17) is 0 Å². The van der Waals surface area contributed by atoms with Gasteiger partial charge in [0.05, 0.1) is 10.6 Å². The Morgan fingerprint density at radius 3 is 2.03 bits per heavy atom. The predicted octanol–water partition coefficient (Wildman–Crippen LogP) is 5.40. The highest BCUT2D eigenvalue weighted by Crippen LogP contribution is 2.25. The van der Waals surface area contributed by atoms with Gasteiger partial charge in [-0.25, -0.2) is 8.42 Å². The van der Waals surface area contributed by atoms with Crippen molar-refractivity contribution in [3.05, 3.63) is 94.5 Å². The van der Waals surface area contributed by atoms with E-state index in [0.29, 0.717) is 12.2 Å². The minimum atomic E-state index is -4.07. The van der Waals surface area contributed by atoms with Crippen LogP contribution in [0.25, 0.3) is 0 Å². The van der Waals surface area contributed by atoms with Crippen LogP contribution in [0.3, 0.4) is 0 Å². The van der Waals surface area contributed by atoms with Crippen molar-refractivity contribution in [1.29, 1.82) is 0 Å². The Hall–Kier alpha value is -3.17. The minimum Gasteiger partial charge on any atom is -0.354 e. The maximum atomic E-state index is 13.9. The minimum absolute atomic E-state index is 0.0829. The molecule has 0 saturated carbocycles. The van der Waals surface area contributed by atoms with Gasteiger partial charge in [0.2, 0.25) is 11.8 Å². The van der Waals surface area contributed by atoms with Crippen molar-refractivity contribution < 1.29 is 18.0 Å². The van der Waals surface area contributed by atoms with Crippen LogP contribution in [0.1, 0.15) is 38.8 Å². The Kier molecular flexibility index (Phi) is 10.7. The van der Waals surface area contributed by atoms with Crippen molar-refractivity contribution in [2.45, 2.75) is 51.6 Å². The van der Waals surface area contributed by atoms with Gasteiger partial charge in [0.25, 0.3) is 10.0 Å². The van der Waals surface area contributed by atoms with Gasteiger partial charge in [-0.2, -0.15) is 0 Å². The van der Waals surface area contributed by atoms with Crippen LogP contribution in [0.4, 0.5) is 5.69 Å². The monoisotopic (exact) mass is 613 g/mol. The molecule has 1 atom stereocenters. The molecule has 1 N–H and O–H groups in total. The summed E-state index contributed by atoms with van der Waals surface area (Å²) in [6.07, 6.45) is 0.800. The second-order valence-corrected chi connectivity index (χ2v) is 12.6. The fraction of sp³-hybridized carbons (Fsp3) is 0.333. The third-order valence-corrected chi connectivity index (χ3v) is 8.68. The number of anilines is 1. The maximum absolute atomic E-state index is 13.9. The number of hydrogen-bond donors (Lipinski definition) is 1. The van der Waals surface area contributed by atoms with E-state index >= 15 is 0 Å².